The molecule has 1 aliphatic rings. The number of amides is 1. The maximum absolute atomic E-state index is 12.1. The minimum absolute atomic E-state index is 0. The third-order valence-corrected chi connectivity index (χ3v) is 5.16. The molecule has 1 rings (SSSR count). The van der Waals surface area contributed by atoms with Gasteiger partial charge in [-0.15, -0.1) is 12.4 Å². The second-order valence-corrected chi connectivity index (χ2v) is 7.96. The molecule has 1 N–H and O–H groups in total. The summed E-state index contributed by atoms with van der Waals surface area (Å²) in [5, 5.41) is 3.12. The molecule has 1 fully saturated rings. The summed E-state index contributed by atoms with van der Waals surface area (Å²) in [4.78, 5) is 13.8. The smallest absolute Gasteiger partial charge is 0.237 e. The third kappa shape index (κ3) is 6.90. The van der Waals surface area contributed by atoms with E-state index in [9.17, 15) is 13.2 Å². The van der Waals surface area contributed by atoms with Gasteiger partial charge < -0.3 is 10.2 Å². The van der Waals surface area contributed by atoms with Gasteiger partial charge >= 0.3 is 0 Å². The van der Waals surface area contributed by atoms with Crippen molar-refractivity contribution in [1.82, 2.24) is 10.2 Å². The van der Waals surface area contributed by atoms with Crippen LogP contribution in [0.25, 0.3) is 0 Å². The molecule has 1 aliphatic heterocycles. The van der Waals surface area contributed by atoms with Crippen molar-refractivity contribution in [3.63, 3.8) is 0 Å². The van der Waals surface area contributed by atoms with Crippen LogP contribution >= 0.6 is 12.4 Å². The van der Waals surface area contributed by atoms with E-state index in [1.165, 1.54) is 0 Å². The van der Waals surface area contributed by atoms with Crippen molar-refractivity contribution in [1.29, 1.82) is 0 Å². The highest BCUT2D eigenvalue weighted by Gasteiger charge is 2.27. The maximum atomic E-state index is 12.1. The van der Waals surface area contributed by atoms with E-state index in [1.54, 1.807) is 4.90 Å². The predicted molar refractivity (Wildman–Crippen MR) is 84.0 cm³/mol. The highest BCUT2D eigenvalue weighted by Crippen LogP contribution is 2.16. The summed E-state index contributed by atoms with van der Waals surface area (Å²) >= 11 is 0. The standard InChI is InChI=1S/C13H26N2O3S.ClH/c1-11(2)9-19(17,18)10-13(16)15-6-4-5-12(8-15)7-14-3;/h11-12,14H,4-10H2,1-3H3;1H. The Bertz CT molecular complexity index is 396. The minimum atomic E-state index is -3.27. The monoisotopic (exact) mass is 326 g/mol. The number of carbonyl (C=O) groups is 1. The molecule has 0 radical (unpaired) electrons. The average Bonchev–Trinajstić information content (AvgIpc) is 2.27. The first-order valence-corrected chi connectivity index (χ1v) is 8.79. The Balaban J connectivity index is 0.00000361. The van der Waals surface area contributed by atoms with Crippen LogP contribution in [-0.2, 0) is 14.6 Å². The third-order valence-electron chi connectivity index (χ3n) is 3.30. The molecule has 1 unspecified atom stereocenters. The zero-order chi connectivity index (χ0) is 14.5. The first-order valence-electron chi connectivity index (χ1n) is 6.97. The molecular formula is C13H27ClN2O3S. The number of sulfone groups is 1. The van der Waals surface area contributed by atoms with Crippen LogP contribution in [0.1, 0.15) is 26.7 Å². The molecule has 0 aliphatic carbocycles. The van der Waals surface area contributed by atoms with Crippen molar-refractivity contribution in [2.45, 2.75) is 26.7 Å². The van der Waals surface area contributed by atoms with E-state index in [-0.39, 0.29) is 35.7 Å². The number of rotatable bonds is 6. The van der Waals surface area contributed by atoms with Crippen molar-refractivity contribution in [3.8, 4) is 0 Å². The van der Waals surface area contributed by atoms with Crippen LogP contribution in [0.3, 0.4) is 0 Å². The quantitative estimate of drug-likeness (QED) is 0.789. The lowest BCUT2D eigenvalue weighted by atomic mass is 9.98. The zero-order valence-corrected chi connectivity index (χ0v) is 14.2. The zero-order valence-electron chi connectivity index (χ0n) is 12.6. The van der Waals surface area contributed by atoms with Crippen LogP contribution in [0.5, 0.6) is 0 Å². The second kappa shape index (κ2) is 8.85. The van der Waals surface area contributed by atoms with Gasteiger partial charge in [0, 0.05) is 13.1 Å². The van der Waals surface area contributed by atoms with Gasteiger partial charge in [-0.2, -0.15) is 0 Å². The van der Waals surface area contributed by atoms with Crippen molar-refractivity contribution in [2.75, 3.05) is 38.2 Å². The molecular weight excluding hydrogens is 300 g/mol. The minimum Gasteiger partial charge on any atom is -0.341 e. The summed E-state index contributed by atoms with van der Waals surface area (Å²) in [5.74, 6) is 0.0254. The van der Waals surface area contributed by atoms with Gasteiger partial charge in [0.2, 0.25) is 5.91 Å². The summed E-state index contributed by atoms with van der Waals surface area (Å²) in [6.45, 7) is 5.95. The lowest BCUT2D eigenvalue weighted by molar-refractivity contribution is -0.130. The van der Waals surface area contributed by atoms with Crippen molar-refractivity contribution < 1.29 is 13.2 Å². The largest absolute Gasteiger partial charge is 0.341 e. The Morgan fingerprint density at radius 1 is 1.40 bits per heavy atom. The van der Waals surface area contributed by atoms with Crippen molar-refractivity contribution in [3.05, 3.63) is 0 Å². The van der Waals surface area contributed by atoms with Crippen molar-refractivity contribution >= 4 is 28.2 Å². The lowest BCUT2D eigenvalue weighted by Crippen LogP contribution is -2.45. The molecule has 1 heterocycles. The van der Waals surface area contributed by atoms with E-state index in [0.717, 1.165) is 19.4 Å². The number of halogens is 1. The van der Waals surface area contributed by atoms with E-state index in [0.29, 0.717) is 19.0 Å². The first kappa shape index (κ1) is 19.7. The molecule has 0 aromatic carbocycles. The first-order chi connectivity index (χ1) is 8.84. The summed E-state index contributed by atoms with van der Waals surface area (Å²) in [6, 6.07) is 0. The number of piperidine rings is 1. The Hall–Kier alpha value is -0.330. The van der Waals surface area contributed by atoms with Gasteiger partial charge in [-0.25, -0.2) is 8.42 Å². The predicted octanol–water partition coefficient (Wildman–Crippen LogP) is 0.937. The van der Waals surface area contributed by atoms with Crippen LogP contribution in [-0.4, -0.2) is 57.4 Å². The normalized spacial score (nSPS) is 19.8. The van der Waals surface area contributed by atoms with Crippen LogP contribution in [0.15, 0.2) is 0 Å². The van der Waals surface area contributed by atoms with E-state index in [4.69, 9.17) is 0 Å². The van der Waals surface area contributed by atoms with Gasteiger partial charge in [0.15, 0.2) is 9.84 Å². The molecule has 0 aromatic heterocycles. The van der Waals surface area contributed by atoms with Gasteiger partial charge in [0.05, 0.1) is 5.75 Å². The molecule has 0 spiro atoms. The Morgan fingerprint density at radius 3 is 2.60 bits per heavy atom. The number of hydrogen-bond acceptors (Lipinski definition) is 4. The number of carbonyl (C=O) groups excluding carboxylic acids is 1. The molecule has 1 saturated heterocycles. The van der Waals surface area contributed by atoms with E-state index in [1.807, 2.05) is 20.9 Å². The molecule has 7 heteroatoms. The molecule has 1 atom stereocenters. The molecule has 1 amide bonds. The fraction of sp³-hybridized carbons (Fsp3) is 0.923. The van der Waals surface area contributed by atoms with Crippen LogP contribution in [0.4, 0.5) is 0 Å². The lowest BCUT2D eigenvalue weighted by Gasteiger charge is -2.32. The number of nitrogens with zero attached hydrogens (tertiary/aromatic N) is 1. The van der Waals surface area contributed by atoms with E-state index < -0.39 is 9.84 Å². The summed E-state index contributed by atoms with van der Waals surface area (Å²) < 4.78 is 23.7. The van der Waals surface area contributed by atoms with Gasteiger partial charge in [-0.1, -0.05) is 13.8 Å². The van der Waals surface area contributed by atoms with E-state index in [2.05, 4.69) is 5.32 Å². The van der Waals surface area contributed by atoms with Gasteiger partial charge in [0.1, 0.15) is 5.75 Å². The average molecular weight is 327 g/mol. The molecule has 0 saturated carbocycles. The van der Waals surface area contributed by atoms with Crippen molar-refractivity contribution in [2.24, 2.45) is 11.8 Å². The molecule has 0 aromatic rings. The fourth-order valence-electron chi connectivity index (χ4n) is 2.59. The summed E-state index contributed by atoms with van der Waals surface area (Å²) in [6.07, 6.45) is 2.06. The topological polar surface area (TPSA) is 66.5 Å². The van der Waals surface area contributed by atoms with Gasteiger partial charge in [-0.3, -0.25) is 4.79 Å². The molecule has 5 nitrogen and oxygen atoms in total. The maximum Gasteiger partial charge on any atom is 0.237 e. The summed E-state index contributed by atoms with van der Waals surface area (Å²) in [7, 11) is -1.37. The number of hydrogen-bond donors (Lipinski definition) is 1. The Kier molecular flexibility index (Phi) is 8.70. The fourth-order valence-corrected chi connectivity index (χ4v) is 4.29. The van der Waals surface area contributed by atoms with E-state index >= 15 is 0 Å². The molecule has 0 bridgehead atoms. The van der Waals surface area contributed by atoms with Crippen LogP contribution in [0.2, 0.25) is 0 Å². The SMILES string of the molecule is CNCC1CCCN(C(=O)CS(=O)(=O)CC(C)C)C1.Cl. The Labute approximate surface area is 128 Å². The van der Waals surface area contributed by atoms with Crippen LogP contribution in [0, 0.1) is 11.8 Å². The second-order valence-electron chi connectivity index (χ2n) is 5.85. The number of likely N-dealkylation sites (tertiary alicyclic amines) is 1. The summed E-state index contributed by atoms with van der Waals surface area (Å²) in [5.41, 5.74) is 0. The van der Waals surface area contributed by atoms with Gasteiger partial charge in [-0.05, 0) is 38.3 Å². The highest BCUT2D eigenvalue weighted by molar-refractivity contribution is 7.92. The Morgan fingerprint density at radius 2 is 2.05 bits per heavy atom. The van der Waals surface area contributed by atoms with Gasteiger partial charge in [0.25, 0.3) is 0 Å². The molecule has 20 heavy (non-hydrogen) atoms. The van der Waals surface area contributed by atoms with Crippen LogP contribution < -0.4 is 5.32 Å². The number of nitrogens with one attached hydrogen (secondary N) is 1. The highest BCUT2D eigenvalue weighted by atomic mass is 35.5. The molecule has 120 valence electrons.